The summed E-state index contributed by atoms with van der Waals surface area (Å²) in [5.41, 5.74) is 0. The van der Waals surface area contributed by atoms with Crippen LogP contribution in [-0.4, -0.2) is 192 Å². The summed E-state index contributed by atoms with van der Waals surface area (Å²) in [6.45, 7) is 1.36. The molecule has 3 saturated heterocycles. The van der Waals surface area contributed by atoms with Crippen molar-refractivity contribution in [2.45, 2.75) is 117 Å². The van der Waals surface area contributed by atoms with Gasteiger partial charge >= 0.3 is 0 Å². The van der Waals surface area contributed by atoms with Gasteiger partial charge in [0.05, 0.1) is 19.8 Å². The van der Waals surface area contributed by atoms with Crippen molar-refractivity contribution in [3.05, 3.63) is 24.8 Å². The third-order valence-corrected chi connectivity index (χ3v) is 7.95. The van der Waals surface area contributed by atoms with E-state index in [1.54, 1.807) is 6.08 Å². The zero-order valence-corrected chi connectivity index (χ0v) is 26.3. The number of unbranched alkanes of at least 4 members (excludes halogenated alkanes) is 1. The predicted octanol–water partition coefficient (Wildman–Crippen LogP) is -6.30. The molecule has 0 aromatic heterocycles. The van der Waals surface area contributed by atoms with Crippen LogP contribution in [0.4, 0.5) is 0 Å². The molecule has 0 radical (unpaired) electrons. The highest BCUT2D eigenvalue weighted by Crippen LogP contribution is 2.28. The predicted molar refractivity (Wildman–Crippen MR) is 161 cm³/mol. The highest BCUT2D eigenvalue weighted by atomic mass is 16.7. The summed E-state index contributed by atoms with van der Waals surface area (Å²) in [6, 6.07) is 0. The molecule has 49 heavy (non-hydrogen) atoms. The van der Waals surface area contributed by atoms with E-state index in [1.807, 2.05) is 0 Å². The summed E-state index contributed by atoms with van der Waals surface area (Å²) in [4.78, 5) is 0. The standard InChI is InChI=1S/C31H46O18/c1-2-3-4-6-9-15(34)16(10-7-5-8-11-32)46-31-28(43)25(40)22(37)19(49-31)14-45-30-27(42)24(39)21(36)18(48-30)13-44-29-26(41)23(38)20(35)17(12-33)47-29/h2,7,10,15-43H,1,5,8,11-14H2/b10-7+/t15?,16?,17-,18-,19-,20-,21-,22-,23+,24+,25+,26-,27-,28-,29-,30-,31-/m1/s1. The topological polar surface area (TPSA) is 298 Å². The van der Waals surface area contributed by atoms with Gasteiger partial charge in [0.1, 0.15) is 85.5 Å². The van der Waals surface area contributed by atoms with Crippen LogP contribution in [0.2, 0.25) is 0 Å². The van der Waals surface area contributed by atoms with E-state index in [-0.39, 0.29) is 6.61 Å². The lowest BCUT2D eigenvalue weighted by Crippen LogP contribution is -2.63. The number of allylic oxidation sites excluding steroid dienone is 2. The van der Waals surface area contributed by atoms with Gasteiger partial charge in [0, 0.05) is 6.61 Å². The fourth-order valence-corrected chi connectivity index (χ4v) is 5.04. The Balaban J connectivity index is 1.67. The van der Waals surface area contributed by atoms with Crippen molar-refractivity contribution in [2.75, 3.05) is 26.4 Å². The van der Waals surface area contributed by atoms with Gasteiger partial charge in [-0.3, -0.25) is 0 Å². The summed E-state index contributed by atoms with van der Waals surface area (Å²) in [5, 5.41) is 122. The molecule has 3 aliphatic rings. The molecule has 0 aliphatic carbocycles. The summed E-state index contributed by atoms with van der Waals surface area (Å²) < 4.78 is 33.1. The van der Waals surface area contributed by atoms with Gasteiger partial charge in [-0.25, -0.2) is 0 Å². The SMILES string of the molecule is C=CC#CC#CC(O)C(/C=C/CCCO)O[C@@H]1O[C@H](CO[C@@H]2O[C@H](CO[C@@H]3O[C@H](CO)[C@@H](O)[C@H](O)[C@H]3O)[C@@H](O)[C@H](O)[C@H]2O)[C@@H](O)[C@H](O)[C@H]1O. The highest BCUT2D eigenvalue weighted by molar-refractivity contribution is 5.31. The molecular weight excluding hydrogens is 660 g/mol. The van der Waals surface area contributed by atoms with E-state index in [2.05, 4.69) is 30.3 Å². The molecule has 18 heteroatoms. The van der Waals surface area contributed by atoms with Crippen molar-refractivity contribution >= 4 is 0 Å². The second-order valence-corrected chi connectivity index (χ2v) is 11.5. The van der Waals surface area contributed by atoms with Gasteiger partial charge in [0.25, 0.3) is 0 Å². The number of hydrogen-bond acceptors (Lipinski definition) is 18. The summed E-state index contributed by atoms with van der Waals surface area (Å²) >= 11 is 0. The molecule has 278 valence electrons. The Hall–Kier alpha value is -2.12. The zero-order chi connectivity index (χ0) is 36.2. The fraction of sp³-hybridized carbons (Fsp3) is 0.742. The lowest BCUT2D eigenvalue weighted by molar-refractivity contribution is -0.344. The van der Waals surface area contributed by atoms with Crippen LogP contribution in [0.15, 0.2) is 24.8 Å². The van der Waals surface area contributed by atoms with E-state index in [1.165, 1.54) is 12.2 Å². The van der Waals surface area contributed by atoms with Gasteiger partial charge in [-0.2, -0.15) is 0 Å². The molecule has 3 aliphatic heterocycles. The molecule has 0 bridgehead atoms. The van der Waals surface area contributed by atoms with Crippen molar-refractivity contribution in [1.82, 2.24) is 0 Å². The van der Waals surface area contributed by atoms with Crippen LogP contribution in [0.5, 0.6) is 0 Å². The summed E-state index contributed by atoms with van der Waals surface area (Å²) in [5.74, 6) is 9.79. The first-order valence-corrected chi connectivity index (χ1v) is 15.5. The molecule has 3 rings (SSSR count). The molecule has 0 aromatic rings. The smallest absolute Gasteiger partial charge is 0.187 e. The van der Waals surface area contributed by atoms with Crippen LogP contribution in [0.25, 0.3) is 0 Å². The second-order valence-electron chi connectivity index (χ2n) is 11.5. The number of aliphatic hydroxyl groups is 12. The average Bonchev–Trinajstić information content (AvgIpc) is 3.09. The van der Waals surface area contributed by atoms with Crippen molar-refractivity contribution in [2.24, 2.45) is 0 Å². The Bertz CT molecular complexity index is 1160. The Kier molecular flexibility index (Phi) is 16.9. The van der Waals surface area contributed by atoms with Gasteiger partial charge in [0.2, 0.25) is 0 Å². The second kappa shape index (κ2) is 20.1. The normalized spacial score (nSPS) is 40.9. The minimum absolute atomic E-state index is 0.0903. The molecule has 2 unspecified atom stereocenters. The Morgan fingerprint density at radius 1 is 0.653 bits per heavy atom. The van der Waals surface area contributed by atoms with Crippen LogP contribution < -0.4 is 0 Å². The van der Waals surface area contributed by atoms with Crippen LogP contribution in [0.3, 0.4) is 0 Å². The minimum atomic E-state index is -1.86. The molecule has 3 heterocycles. The van der Waals surface area contributed by atoms with Crippen LogP contribution in [-0.2, 0) is 28.4 Å². The lowest BCUT2D eigenvalue weighted by Gasteiger charge is -2.44. The first-order chi connectivity index (χ1) is 23.4. The molecule has 18 nitrogen and oxygen atoms in total. The van der Waals surface area contributed by atoms with Gasteiger partial charge in [-0.15, -0.1) is 0 Å². The van der Waals surface area contributed by atoms with Gasteiger partial charge in [0.15, 0.2) is 18.9 Å². The summed E-state index contributed by atoms with van der Waals surface area (Å²) in [6.07, 6.45) is -22.9. The number of rotatable bonds is 14. The molecule has 3 fully saturated rings. The van der Waals surface area contributed by atoms with Crippen molar-refractivity contribution in [3.8, 4) is 23.7 Å². The molecule has 0 amide bonds. The van der Waals surface area contributed by atoms with E-state index >= 15 is 0 Å². The number of hydrogen-bond donors (Lipinski definition) is 12. The van der Waals surface area contributed by atoms with E-state index in [0.717, 1.165) is 0 Å². The van der Waals surface area contributed by atoms with Crippen molar-refractivity contribution in [3.63, 3.8) is 0 Å². The monoisotopic (exact) mass is 706 g/mol. The van der Waals surface area contributed by atoms with Crippen LogP contribution >= 0.6 is 0 Å². The molecule has 17 atom stereocenters. The van der Waals surface area contributed by atoms with E-state index in [0.29, 0.717) is 12.8 Å². The lowest BCUT2D eigenvalue weighted by atomic mass is 9.98. The van der Waals surface area contributed by atoms with Crippen LogP contribution in [0, 0.1) is 23.7 Å². The number of ether oxygens (including phenoxy) is 6. The quantitative estimate of drug-likeness (QED) is 0.0454. The third-order valence-electron chi connectivity index (χ3n) is 7.95. The maximum Gasteiger partial charge on any atom is 0.187 e. The number of aliphatic hydroxyl groups excluding tert-OH is 12. The Labute approximate surface area is 282 Å². The zero-order valence-electron chi connectivity index (χ0n) is 26.3. The van der Waals surface area contributed by atoms with Gasteiger partial charge in [-0.1, -0.05) is 30.6 Å². The van der Waals surface area contributed by atoms with Crippen LogP contribution in [0.1, 0.15) is 12.8 Å². The third kappa shape index (κ3) is 10.9. The van der Waals surface area contributed by atoms with Crippen molar-refractivity contribution in [1.29, 1.82) is 0 Å². The highest BCUT2D eigenvalue weighted by Gasteiger charge is 2.49. The maximum atomic E-state index is 10.6. The Morgan fingerprint density at radius 2 is 1.14 bits per heavy atom. The van der Waals surface area contributed by atoms with E-state index < -0.39 is 124 Å². The molecule has 0 saturated carbocycles. The van der Waals surface area contributed by atoms with E-state index in [9.17, 15) is 56.2 Å². The fourth-order valence-electron chi connectivity index (χ4n) is 5.04. The Morgan fingerprint density at radius 3 is 1.65 bits per heavy atom. The average molecular weight is 707 g/mol. The van der Waals surface area contributed by atoms with Crippen molar-refractivity contribution < 1.29 is 89.7 Å². The summed E-state index contributed by atoms with van der Waals surface area (Å²) in [7, 11) is 0. The molecule has 0 aromatic carbocycles. The largest absolute Gasteiger partial charge is 0.396 e. The molecule has 0 spiro atoms. The minimum Gasteiger partial charge on any atom is -0.396 e. The van der Waals surface area contributed by atoms with Gasteiger partial charge in [-0.05, 0) is 30.8 Å². The molecular formula is C31H46O18. The van der Waals surface area contributed by atoms with Gasteiger partial charge < -0.3 is 89.7 Å². The van der Waals surface area contributed by atoms with E-state index in [4.69, 9.17) is 33.5 Å². The maximum absolute atomic E-state index is 10.6. The molecule has 12 N–H and O–H groups in total. The first-order valence-electron chi connectivity index (χ1n) is 15.5. The first kappa shape index (κ1) is 41.3.